The number of ether oxygens (including phenoxy) is 1. The number of hydrogen-bond donors (Lipinski definition) is 2. The number of para-hydroxylation sites is 1. The Kier molecular flexibility index (Phi) is 4.08. The lowest BCUT2D eigenvalue weighted by Crippen LogP contribution is -2.04. The first kappa shape index (κ1) is 14.1. The molecule has 2 rings (SSSR count). The third-order valence-corrected chi connectivity index (χ3v) is 2.91. The van der Waals surface area contributed by atoms with Gasteiger partial charge in [0.2, 0.25) is 0 Å². The van der Waals surface area contributed by atoms with E-state index in [-0.39, 0.29) is 5.69 Å². The maximum atomic E-state index is 14.0. The van der Waals surface area contributed by atoms with Gasteiger partial charge in [-0.25, -0.2) is 8.78 Å². The van der Waals surface area contributed by atoms with Crippen LogP contribution in [-0.4, -0.2) is 6.61 Å². The Morgan fingerprint density at radius 2 is 1.95 bits per heavy atom. The van der Waals surface area contributed by atoms with Gasteiger partial charge >= 0.3 is 0 Å². The van der Waals surface area contributed by atoms with E-state index in [0.29, 0.717) is 29.3 Å². The molecule has 0 radical (unpaired) electrons. The van der Waals surface area contributed by atoms with Gasteiger partial charge in [0.1, 0.15) is 17.3 Å². The molecule has 0 aliphatic heterocycles. The number of nitrogens with two attached hydrogens (primary N) is 1. The summed E-state index contributed by atoms with van der Waals surface area (Å²) in [6.07, 6.45) is 0. The van der Waals surface area contributed by atoms with E-state index in [1.807, 2.05) is 6.92 Å². The summed E-state index contributed by atoms with van der Waals surface area (Å²) in [5.74, 6) is -0.827. The maximum Gasteiger partial charge on any atom is 0.152 e. The molecule has 0 bridgehead atoms. The van der Waals surface area contributed by atoms with E-state index < -0.39 is 11.6 Å². The van der Waals surface area contributed by atoms with Crippen LogP contribution in [0.15, 0.2) is 30.3 Å². The molecule has 3 N–H and O–H groups in total. The van der Waals surface area contributed by atoms with Crippen LogP contribution in [0.2, 0.25) is 0 Å². The van der Waals surface area contributed by atoms with Crippen LogP contribution >= 0.6 is 0 Å². The summed E-state index contributed by atoms with van der Waals surface area (Å²) in [6.45, 7) is 3.86. The zero-order chi connectivity index (χ0) is 14.7. The minimum absolute atomic E-state index is 0.217. The van der Waals surface area contributed by atoms with Crippen molar-refractivity contribution in [3.05, 3.63) is 47.5 Å². The number of nitrogen functional groups attached to an aromatic ring is 1. The molecule has 2 aromatic rings. The molecule has 0 amide bonds. The minimum atomic E-state index is -0.672. The fourth-order valence-electron chi connectivity index (χ4n) is 1.84. The molecule has 0 fully saturated rings. The van der Waals surface area contributed by atoms with Gasteiger partial charge in [-0.05, 0) is 37.6 Å². The Labute approximate surface area is 116 Å². The van der Waals surface area contributed by atoms with Gasteiger partial charge in [0.15, 0.2) is 5.82 Å². The topological polar surface area (TPSA) is 47.3 Å². The molecule has 0 heterocycles. The predicted octanol–water partition coefficient (Wildman–Crippen LogP) is 4.00. The molecule has 5 heteroatoms. The van der Waals surface area contributed by atoms with Crippen molar-refractivity contribution in [3.8, 4) is 5.75 Å². The largest absolute Gasteiger partial charge is 0.492 e. The summed E-state index contributed by atoms with van der Waals surface area (Å²) in [4.78, 5) is 0. The first-order valence-electron chi connectivity index (χ1n) is 6.27. The molecule has 2 aromatic carbocycles. The SMILES string of the molecule is CCOc1cccc(Nc2c(F)ccc(C)c2F)c1N. The first-order valence-corrected chi connectivity index (χ1v) is 6.27. The van der Waals surface area contributed by atoms with Gasteiger partial charge in [0.25, 0.3) is 0 Å². The highest BCUT2D eigenvalue weighted by Gasteiger charge is 2.14. The number of aryl methyl sites for hydroxylation is 1. The normalized spacial score (nSPS) is 10.4. The number of rotatable bonds is 4. The van der Waals surface area contributed by atoms with Crippen LogP contribution in [-0.2, 0) is 0 Å². The number of halogens is 2. The third-order valence-electron chi connectivity index (χ3n) is 2.91. The number of benzene rings is 2. The average molecular weight is 278 g/mol. The smallest absolute Gasteiger partial charge is 0.152 e. The standard InChI is InChI=1S/C15H16F2N2O/c1-3-20-12-6-4-5-11(14(12)18)19-15-10(16)8-7-9(2)13(15)17/h4-8,19H,3,18H2,1-2H3. The van der Waals surface area contributed by atoms with Crippen LogP contribution in [0, 0.1) is 18.6 Å². The van der Waals surface area contributed by atoms with Crippen LogP contribution in [0.1, 0.15) is 12.5 Å². The zero-order valence-corrected chi connectivity index (χ0v) is 11.3. The Morgan fingerprint density at radius 1 is 1.20 bits per heavy atom. The van der Waals surface area contributed by atoms with Gasteiger partial charge in [-0.1, -0.05) is 12.1 Å². The fourth-order valence-corrected chi connectivity index (χ4v) is 1.84. The van der Waals surface area contributed by atoms with Crippen LogP contribution < -0.4 is 15.8 Å². The van der Waals surface area contributed by atoms with Gasteiger partial charge in [-0.3, -0.25) is 0 Å². The van der Waals surface area contributed by atoms with E-state index in [4.69, 9.17) is 10.5 Å². The third kappa shape index (κ3) is 2.66. The van der Waals surface area contributed by atoms with Crippen molar-refractivity contribution in [2.45, 2.75) is 13.8 Å². The lowest BCUT2D eigenvalue weighted by atomic mass is 10.1. The van der Waals surface area contributed by atoms with E-state index in [0.717, 1.165) is 0 Å². The van der Waals surface area contributed by atoms with Gasteiger partial charge in [0, 0.05) is 0 Å². The minimum Gasteiger partial charge on any atom is -0.492 e. The van der Waals surface area contributed by atoms with E-state index in [1.54, 1.807) is 25.1 Å². The fraction of sp³-hybridized carbons (Fsp3) is 0.200. The molecule has 0 unspecified atom stereocenters. The number of anilines is 3. The average Bonchev–Trinajstić information content (AvgIpc) is 2.43. The van der Waals surface area contributed by atoms with E-state index in [1.165, 1.54) is 12.1 Å². The molecule has 0 atom stereocenters. The second-order valence-corrected chi connectivity index (χ2v) is 4.33. The monoisotopic (exact) mass is 278 g/mol. The molecule has 0 aliphatic carbocycles. The first-order chi connectivity index (χ1) is 9.54. The number of nitrogens with one attached hydrogen (secondary N) is 1. The van der Waals surface area contributed by atoms with Gasteiger partial charge in [-0.15, -0.1) is 0 Å². The molecule has 0 spiro atoms. The Hall–Kier alpha value is -2.30. The Balaban J connectivity index is 2.40. The molecule has 0 saturated carbocycles. The van der Waals surface area contributed by atoms with Crippen LogP contribution in [0.4, 0.5) is 25.8 Å². The van der Waals surface area contributed by atoms with Crippen molar-refractivity contribution >= 4 is 17.1 Å². The van der Waals surface area contributed by atoms with Crippen LogP contribution in [0.5, 0.6) is 5.75 Å². The van der Waals surface area contributed by atoms with Crippen molar-refractivity contribution in [2.24, 2.45) is 0 Å². The van der Waals surface area contributed by atoms with Gasteiger partial charge in [-0.2, -0.15) is 0 Å². The van der Waals surface area contributed by atoms with Crippen molar-refractivity contribution in [1.29, 1.82) is 0 Å². The molecule has 0 aromatic heterocycles. The summed E-state index contributed by atoms with van der Waals surface area (Å²) in [7, 11) is 0. The highest BCUT2D eigenvalue weighted by Crippen LogP contribution is 2.33. The lowest BCUT2D eigenvalue weighted by molar-refractivity contribution is 0.342. The second kappa shape index (κ2) is 5.77. The van der Waals surface area contributed by atoms with E-state index in [9.17, 15) is 8.78 Å². The lowest BCUT2D eigenvalue weighted by Gasteiger charge is -2.14. The summed E-state index contributed by atoms with van der Waals surface area (Å²) in [6, 6.07) is 7.64. The molecule has 106 valence electrons. The van der Waals surface area contributed by atoms with Crippen molar-refractivity contribution in [1.82, 2.24) is 0 Å². The van der Waals surface area contributed by atoms with Crippen LogP contribution in [0.25, 0.3) is 0 Å². The van der Waals surface area contributed by atoms with Crippen LogP contribution in [0.3, 0.4) is 0 Å². The zero-order valence-electron chi connectivity index (χ0n) is 11.3. The van der Waals surface area contributed by atoms with Gasteiger partial charge < -0.3 is 15.8 Å². The van der Waals surface area contributed by atoms with Crippen molar-refractivity contribution < 1.29 is 13.5 Å². The molecule has 3 nitrogen and oxygen atoms in total. The summed E-state index contributed by atoms with van der Waals surface area (Å²) < 4.78 is 33.0. The molecule has 20 heavy (non-hydrogen) atoms. The summed E-state index contributed by atoms with van der Waals surface area (Å²) in [5.41, 5.74) is 6.78. The second-order valence-electron chi connectivity index (χ2n) is 4.33. The van der Waals surface area contributed by atoms with E-state index in [2.05, 4.69) is 5.32 Å². The quantitative estimate of drug-likeness (QED) is 0.831. The summed E-state index contributed by atoms with van der Waals surface area (Å²) >= 11 is 0. The van der Waals surface area contributed by atoms with Crippen molar-refractivity contribution in [2.75, 3.05) is 17.7 Å². The number of hydrogen-bond acceptors (Lipinski definition) is 3. The molecular weight excluding hydrogens is 262 g/mol. The molecule has 0 saturated heterocycles. The summed E-state index contributed by atoms with van der Waals surface area (Å²) in [5, 5.41) is 2.69. The Bertz CT molecular complexity index is 630. The maximum absolute atomic E-state index is 14.0. The van der Waals surface area contributed by atoms with E-state index >= 15 is 0 Å². The molecule has 0 aliphatic rings. The van der Waals surface area contributed by atoms with Crippen molar-refractivity contribution in [3.63, 3.8) is 0 Å². The highest BCUT2D eigenvalue weighted by atomic mass is 19.1. The van der Waals surface area contributed by atoms with Gasteiger partial charge in [0.05, 0.1) is 18.0 Å². The molecular formula is C15H16F2N2O. The predicted molar refractivity (Wildman–Crippen MR) is 76.4 cm³/mol. The highest BCUT2D eigenvalue weighted by molar-refractivity contribution is 5.77. The Morgan fingerprint density at radius 3 is 2.65 bits per heavy atom.